The molecule has 1 aromatic carbocycles. The van der Waals surface area contributed by atoms with Crippen molar-refractivity contribution >= 4 is 16.7 Å². The molecular formula is C19H24N4O. The van der Waals surface area contributed by atoms with Crippen molar-refractivity contribution in [3.05, 3.63) is 41.7 Å². The third-order valence-electron chi connectivity index (χ3n) is 5.43. The van der Waals surface area contributed by atoms with E-state index in [-0.39, 0.29) is 5.54 Å². The van der Waals surface area contributed by atoms with Gasteiger partial charge in [0.25, 0.3) is 0 Å². The molecule has 0 bridgehead atoms. The van der Waals surface area contributed by atoms with E-state index >= 15 is 0 Å². The van der Waals surface area contributed by atoms with Crippen molar-refractivity contribution in [3.63, 3.8) is 0 Å². The summed E-state index contributed by atoms with van der Waals surface area (Å²) in [4.78, 5) is 2.32. The Kier molecular flexibility index (Phi) is 3.25. The monoisotopic (exact) mass is 324 g/mol. The highest BCUT2D eigenvalue weighted by Gasteiger charge is 2.38. The lowest BCUT2D eigenvalue weighted by Gasteiger charge is -2.22. The largest absolute Gasteiger partial charge is 0.366 e. The number of para-hydroxylation sites is 1. The Hall–Kier alpha value is -2.27. The topological polar surface area (TPSA) is 60.2 Å². The van der Waals surface area contributed by atoms with Gasteiger partial charge in [0.05, 0.1) is 11.1 Å². The Balaban J connectivity index is 1.84. The van der Waals surface area contributed by atoms with E-state index in [1.54, 1.807) is 0 Å². The second-order valence-electron chi connectivity index (χ2n) is 7.40. The second-order valence-corrected chi connectivity index (χ2v) is 7.40. The van der Waals surface area contributed by atoms with Gasteiger partial charge in [-0.2, -0.15) is 0 Å². The van der Waals surface area contributed by atoms with Crippen LogP contribution in [0, 0.1) is 19.8 Å². The molecule has 3 aromatic rings. The molecule has 2 N–H and O–H groups in total. The zero-order valence-corrected chi connectivity index (χ0v) is 14.7. The molecule has 1 fully saturated rings. The predicted molar refractivity (Wildman–Crippen MR) is 96.8 cm³/mol. The fourth-order valence-corrected chi connectivity index (χ4v) is 3.70. The van der Waals surface area contributed by atoms with Crippen LogP contribution in [0.2, 0.25) is 0 Å². The van der Waals surface area contributed by atoms with Crippen LogP contribution in [0.3, 0.4) is 0 Å². The highest BCUT2D eigenvalue weighted by atomic mass is 16.5. The lowest BCUT2D eigenvalue weighted by molar-refractivity contribution is 0.404. The first kappa shape index (κ1) is 15.3. The van der Waals surface area contributed by atoms with Gasteiger partial charge in [-0.25, -0.2) is 0 Å². The highest BCUT2D eigenvalue weighted by molar-refractivity contribution is 5.94. The van der Waals surface area contributed by atoms with Crippen LogP contribution in [-0.2, 0) is 0 Å². The molecule has 5 nitrogen and oxygen atoms in total. The zero-order valence-electron chi connectivity index (χ0n) is 14.7. The quantitative estimate of drug-likeness (QED) is 0.785. The van der Waals surface area contributed by atoms with E-state index in [1.165, 1.54) is 0 Å². The van der Waals surface area contributed by atoms with Gasteiger partial charge in [0, 0.05) is 30.0 Å². The van der Waals surface area contributed by atoms with Crippen LogP contribution in [0.1, 0.15) is 25.2 Å². The van der Waals surface area contributed by atoms with E-state index in [1.807, 2.05) is 0 Å². The zero-order chi connectivity index (χ0) is 17.1. The Bertz CT molecular complexity index is 886. The summed E-state index contributed by atoms with van der Waals surface area (Å²) in [7, 11) is 0. The van der Waals surface area contributed by atoms with Crippen molar-refractivity contribution in [1.82, 2.24) is 9.72 Å². The first-order valence-corrected chi connectivity index (χ1v) is 8.46. The van der Waals surface area contributed by atoms with Gasteiger partial charge in [-0.05, 0) is 51.0 Å². The Labute approximate surface area is 142 Å². The van der Waals surface area contributed by atoms with Gasteiger partial charge in [0.15, 0.2) is 11.4 Å². The summed E-state index contributed by atoms with van der Waals surface area (Å²) in [6.45, 7) is 10.3. The Morgan fingerprint density at radius 2 is 1.92 bits per heavy atom. The highest BCUT2D eigenvalue weighted by Crippen LogP contribution is 2.36. The van der Waals surface area contributed by atoms with Crippen molar-refractivity contribution in [2.75, 3.05) is 18.0 Å². The van der Waals surface area contributed by atoms with E-state index < -0.39 is 0 Å². The molecule has 0 spiro atoms. The first-order chi connectivity index (χ1) is 11.4. The lowest BCUT2D eigenvalue weighted by atomic mass is 9.92. The summed E-state index contributed by atoms with van der Waals surface area (Å²) in [5.41, 5.74) is 10.5. The third kappa shape index (κ3) is 2.15. The van der Waals surface area contributed by atoms with Gasteiger partial charge in [-0.1, -0.05) is 18.1 Å². The number of anilines is 1. The van der Waals surface area contributed by atoms with E-state index in [2.05, 4.69) is 72.7 Å². The fourth-order valence-electron chi connectivity index (χ4n) is 3.70. The summed E-state index contributed by atoms with van der Waals surface area (Å²) in [6, 6.07) is 10.4. The molecule has 1 saturated heterocycles. The van der Waals surface area contributed by atoms with Crippen molar-refractivity contribution in [2.45, 2.75) is 33.2 Å². The molecule has 0 radical (unpaired) electrons. The van der Waals surface area contributed by atoms with E-state index in [9.17, 15) is 0 Å². The number of rotatable bonds is 2. The minimum Gasteiger partial charge on any atom is -0.366 e. The molecule has 2 aromatic heterocycles. The van der Waals surface area contributed by atoms with Crippen LogP contribution in [0.5, 0.6) is 0 Å². The average molecular weight is 324 g/mol. The summed E-state index contributed by atoms with van der Waals surface area (Å²) in [5.74, 6) is 1.29. The normalized spacial score (nSPS) is 24.2. The van der Waals surface area contributed by atoms with E-state index in [0.29, 0.717) is 5.92 Å². The molecule has 2 unspecified atom stereocenters. The maximum absolute atomic E-state index is 6.42. The number of hydrogen-bond acceptors (Lipinski definition) is 4. The van der Waals surface area contributed by atoms with Crippen molar-refractivity contribution in [2.24, 2.45) is 11.7 Å². The SMILES string of the molecule is Cc1ccc(C)n1-c1noc2c(N3CC(C)C(C)(N)C3)cccc12. The molecule has 24 heavy (non-hydrogen) atoms. The van der Waals surface area contributed by atoms with Crippen LogP contribution < -0.4 is 10.6 Å². The van der Waals surface area contributed by atoms with Crippen molar-refractivity contribution in [1.29, 1.82) is 0 Å². The van der Waals surface area contributed by atoms with E-state index in [0.717, 1.165) is 47.0 Å². The average Bonchev–Trinajstić information content (AvgIpc) is 3.16. The van der Waals surface area contributed by atoms with Crippen LogP contribution in [0.25, 0.3) is 16.8 Å². The molecule has 1 aliphatic rings. The number of aromatic nitrogens is 2. The lowest BCUT2D eigenvalue weighted by Crippen LogP contribution is -2.43. The molecule has 0 aliphatic carbocycles. The standard InChI is InChI=1S/C19H24N4O/c1-12-10-22(11-19(12,4)20)16-7-5-6-15-17(16)24-21-18(15)23-13(2)8-9-14(23)3/h5-9,12H,10-11,20H2,1-4H3. The number of nitrogens with zero attached hydrogens (tertiary/aromatic N) is 3. The van der Waals surface area contributed by atoms with E-state index in [4.69, 9.17) is 10.3 Å². The van der Waals surface area contributed by atoms with Crippen LogP contribution in [-0.4, -0.2) is 28.4 Å². The van der Waals surface area contributed by atoms with Gasteiger partial charge >= 0.3 is 0 Å². The van der Waals surface area contributed by atoms with Crippen molar-refractivity contribution in [3.8, 4) is 5.82 Å². The fraction of sp³-hybridized carbons (Fsp3) is 0.421. The molecule has 3 heterocycles. The molecule has 0 amide bonds. The molecule has 126 valence electrons. The third-order valence-corrected chi connectivity index (χ3v) is 5.43. The summed E-state index contributed by atoms with van der Waals surface area (Å²) in [6.07, 6.45) is 0. The number of aryl methyl sites for hydroxylation is 2. The van der Waals surface area contributed by atoms with Gasteiger partial charge < -0.3 is 15.2 Å². The molecule has 5 heteroatoms. The van der Waals surface area contributed by atoms with Gasteiger partial charge in [0.1, 0.15) is 0 Å². The van der Waals surface area contributed by atoms with Gasteiger partial charge in [-0.3, -0.25) is 4.57 Å². The number of fused-ring (bicyclic) bond motifs is 1. The summed E-state index contributed by atoms with van der Waals surface area (Å²) < 4.78 is 7.91. The number of benzene rings is 1. The van der Waals surface area contributed by atoms with Crippen LogP contribution in [0.15, 0.2) is 34.9 Å². The van der Waals surface area contributed by atoms with Crippen molar-refractivity contribution < 1.29 is 4.52 Å². The van der Waals surface area contributed by atoms with Crippen LogP contribution in [0.4, 0.5) is 5.69 Å². The van der Waals surface area contributed by atoms with Gasteiger partial charge in [-0.15, -0.1) is 0 Å². The number of nitrogens with two attached hydrogens (primary N) is 1. The van der Waals surface area contributed by atoms with Gasteiger partial charge in [0.2, 0.25) is 0 Å². The molecule has 4 rings (SSSR count). The first-order valence-electron chi connectivity index (χ1n) is 8.46. The summed E-state index contributed by atoms with van der Waals surface area (Å²) >= 11 is 0. The maximum Gasteiger partial charge on any atom is 0.192 e. The predicted octanol–water partition coefficient (Wildman–Crippen LogP) is 3.41. The maximum atomic E-state index is 6.42. The number of hydrogen-bond donors (Lipinski definition) is 1. The molecule has 2 atom stereocenters. The minimum absolute atomic E-state index is 0.182. The Morgan fingerprint density at radius 3 is 2.54 bits per heavy atom. The molecular weight excluding hydrogens is 300 g/mol. The Morgan fingerprint density at radius 1 is 1.21 bits per heavy atom. The summed E-state index contributed by atoms with van der Waals surface area (Å²) in [5, 5.41) is 5.41. The molecule has 1 aliphatic heterocycles. The second kappa shape index (κ2) is 5.11. The van der Waals surface area contributed by atoms with Crippen LogP contribution >= 0.6 is 0 Å². The smallest absolute Gasteiger partial charge is 0.192 e. The molecule has 0 saturated carbocycles. The minimum atomic E-state index is -0.182.